The van der Waals surface area contributed by atoms with E-state index in [-0.39, 0.29) is 24.8 Å². The van der Waals surface area contributed by atoms with Crippen LogP contribution in [0, 0.1) is 17.7 Å². The number of amides is 2. The molecule has 1 saturated heterocycles. The highest BCUT2D eigenvalue weighted by molar-refractivity contribution is 7.13. The van der Waals surface area contributed by atoms with Gasteiger partial charge >= 0.3 is 5.97 Å². The molecular formula is C34H48N4O5S. The van der Waals surface area contributed by atoms with Gasteiger partial charge in [0.05, 0.1) is 28.2 Å². The quantitative estimate of drug-likeness (QED) is 0.135. The number of carbonyl (C=O) groups is 3. The van der Waals surface area contributed by atoms with E-state index in [1.54, 1.807) is 16.2 Å². The number of likely N-dealkylation sites (tertiary alicyclic amines) is 1. The summed E-state index contributed by atoms with van der Waals surface area (Å²) in [5.74, 6) is -1.24. The third-order valence-electron chi connectivity index (χ3n) is 8.16. The van der Waals surface area contributed by atoms with E-state index >= 15 is 0 Å². The Morgan fingerprint density at radius 1 is 1.09 bits per heavy atom. The maximum absolute atomic E-state index is 13.9. The van der Waals surface area contributed by atoms with Crippen LogP contribution in [0.5, 0.6) is 0 Å². The maximum atomic E-state index is 13.9. The zero-order valence-corrected chi connectivity index (χ0v) is 27.3. The molecule has 3 rings (SSSR count). The maximum Gasteiger partial charge on any atom is 0.303 e. The van der Waals surface area contributed by atoms with Crippen LogP contribution in [0.25, 0.3) is 10.4 Å². The average Bonchev–Trinajstić information content (AvgIpc) is 3.57. The summed E-state index contributed by atoms with van der Waals surface area (Å²) in [6, 6.07) is 6.73. The van der Waals surface area contributed by atoms with Gasteiger partial charge < -0.3 is 25.8 Å². The first-order valence-corrected chi connectivity index (χ1v) is 16.4. The van der Waals surface area contributed by atoms with Crippen LogP contribution in [0.2, 0.25) is 0 Å². The summed E-state index contributed by atoms with van der Waals surface area (Å²) in [5.41, 5.74) is 5.09. The number of aliphatic hydroxyl groups is 1. The number of hydrogen-bond donors (Lipinski definition) is 4. The predicted molar refractivity (Wildman–Crippen MR) is 175 cm³/mol. The second-order valence-corrected chi connectivity index (χ2v) is 13.8. The third-order valence-corrected chi connectivity index (χ3v) is 9.13. The van der Waals surface area contributed by atoms with Crippen molar-refractivity contribution in [3.8, 4) is 10.4 Å². The van der Waals surface area contributed by atoms with Gasteiger partial charge in [-0.05, 0) is 48.3 Å². The van der Waals surface area contributed by atoms with Gasteiger partial charge in [-0.15, -0.1) is 11.3 Å². The molecule has 1 aliphatic rings. The van der Waals surface area contributed by atoms with Crippen LogP contribution in [0.4, 0.5) is 0 Å². The molecule has 44 heavy (non-hydrogen) atoms. The summed E-state index contributed by atoms with van der Waals surface area (Å²) >= 11 is 1.59. The van der Waals surface area contributed by atoms with Crippen LogP contribution in [0.1, 0.15) is 89.8 Å². The van der Waals surface area contributed by atoms with Gasteiger partial charge in [-0.1, -0.05) is 77.3 Å². The number of aryl methyl sites for hydroxylation is 1. The number of hydrogen-bond acceptors (Lipinski definition) is 7. The molecule has 9 nitrogen and oxygen atoms in total. The second-order valence-electron chi connectivity index (χ2n) is 12.9. The van der Waals surface area contributed by atoms with Crippen LogP contribution >= 0.6 is 11.3 Å². The number of aliphatic hydroxyl groups excluding tert-OH is 1. The molecule has 2 heterocycles. The van der Waals surface area contributed by atoms with E-state index in [9.17, 15) is 19.5 Å². The zero-order valence-electron chi connectivity index (χ0n) is 26.5. The van der Waals surface area contributed by atoms with Crippen LogP contribution in [-0.4, -0.2) is 68.3 Å². The number of aliphatic carboxylic acids is 1. The van der Waals surface area contributed by atoms with Crippen molar-refractivity contribution in [3.05, 3.63) is 53.2 Å². The summed E-state index contributed by atoms with van der Waals surface area (Å²) in [6.07, 6.45) is 5.39. The average molecular weight is 625 g/mol. The highest BCUT2D eigenvalue weighted by atomic mass is 32.1. The van der Waals surface area contributed by atoms with Crippen LogP contribution < -0.4 is 5.32 Å². The SMILES string of the molecule is C=C(C(=N)Cc1ccc(-c2scnc2C)cc1)[C@@H]1CC(O)CN1C(=O)[C@@H](NC(=O)CCCCCCCCC(=O)O)C(C)(C)C. The Balaban J connectivity index is 1.57. The van der Waals surface area contributed by atoms with Crippen molar-refractivity contribution in [1.29, 1.82) is 5.41 Å². The van der Waals surface area contributed by atoms with Gasteiger partial charge in [0.1, 0.15) is 6.04 Å². The van der Waals surface area contributed by atoms with Crippen molar-refractivity contribution in [1.82, 2.24) is 15.2 Å². The molecule has 0 aliphatic carbocycles. The molecule has 2 amide bonds. The molecule has 0 spiro atoms. The molecule has 1 aromatic carbocycles. The Hall–Kier alpha value is -3.37. The molecule has 1 aromatic heterocycles. The lowest BCUT2D eigenvalue weighted by atomic mass is 9.85. The van der Waals surface area contributed by atoms with E-state index in [0.29, 0.717) is 43.4 Å². The zero-order chi connectivity index (χ0) is 32.4. The van der Waals surface area contributed by atoms with Gasteiger partial charge in [-0.3, -0.25) is 14.4 Å². The highest BCUT2D eigenvalue weighted by Gasteiger charge is 2.43. The minimum absolute atomic E-state index is 0.128. The third kappa shape index (κ3) is 10.1. The number of carboxylic acids is 1. The van der Waals surface area contributed by atoms with E-state index in [4.69, 9.17) is 10.5 Å². The number of aromatic nitrogens is 1. The van der Waals surface area contributed by atoms with Crippen molar-refractivity contribution in [2.45, 2.75) is 110 Å². The summed E-state index contributed by atoms with van der Waals surface area (Å²) in [6.45, 7) is 12.0. The molecule has 0 bridgehead atoms. The number of thiazole rings is 1. The van der Waals surface area contributed by atoms with E-state index < -0.39 is 29.6 Å². The fraction of sp³-hybridized carbons (Fsp3) is 0.559. The molecule has 4 N–H and O–H groups in total. The number of benzene rings is 1. The number of β-amino-alcohol motifs (C(OH)–C–C–N with tert-alkyl or cyclic N) is 1. The minimum atomic E-state index is -0.788. The first-order chi connectivity index (χ1) is 20.8. The van der Waals surface area contributed by atoms with Gasteiger partial charge in [0, 0.05) is 31.5 Å². The van der Waals surface area contributed by atoms with E-state index in [2.05, 4.69) is 16.9 Å². The Morgan fingerprint density at radius 3 is 2.27 bits per heavy atom. The topological polar surface area (TPSA) is 144 Å². The van der Waals surface area contributed by atoms with Gasteiger partial charge in [0.2, 0.25) is 11.8 Å². The Labute approximate surface area is 265 Å². The van der Waals surface area contributed by atoms with Crippen LogP contribution in [0.15, 0.2) is 41.9 Å². The molecule has 0 saturated carbocycles. The lowest BCUT2D eigenvalue weighted by molar-refractivity contribution is -0.140. The number of nitrogens with one attached hydrogen (secondary N) is 2. The van der Waals surface area contributed by atoms with Gasteiger partial charge in [-0.2, -0.15) is 0 Å². The van der Waals surface area contributed by atoms with E-state index in [1.165, 1.54) is 0 Å². The van der Waals surface area contributed by atoms with E-state index in [1.807, 2.05) is 57.5 Å². The molecular weight excluding hydrogens is 576 g/mol. The van der Waals surface area contributed by atoms with Crippen LogP contribution in [0.3, 0.4) is 0 Å². The molecule has 0 radical (unpaired) electrons. The molecule has 2 aromatic rings. The number of unbranched alkanes of at least 4 members (excludes halogenated alkanes) is 5. The fourth-order valence-electron chi connectivity index (χ4n) is 5.58. The summed E-state index contributed by atoms with van der Waals surface area (Å²) in [7, 11) is 0. The van der Waals surface area contributed by atoms with Gasteiger partial charge in [0.25, 0.3) is 0 Å². The molecule has 10 heteroatoms. The summed E-state index contributed by atoms with van der Waals surface area (Å²) in [5, 5.41) is 31.1. The van der Waals surface area contributed by atoms with Crippen molar-refractivity contribution < 1.29 is 24.6 Å². The molecule has 3 atom stereocenters. The summed E-state index contributed by atoms with van der Waals surface area (Å²) in [4.78, 5) is 44.4. The fourth-order valence-corrected chi connectivity index (χ4v) is 6.39. The van der Waals surface area contributed by atoms with Gasteiger partial charge in [-0.25, -0.2) is 4.98 Å². The van der Waals surface area contributed by atoms with Crippen molar-refractivity contribution in [2.75, 3.05) is 6.54 Å². The largest absolute Gasteiger partial charge is 0.481 e. The number of rotatable bonds is 16. The second kappa shape index (κ2) is 16.1. The molecule has 1 fully saturated rings. The Morgan fingerprint density at radius 2 is 1.70 bits per heavy atom. The number of nitrogens with zero attached hydrogens (tertiary/aromatic N) is 2. The minimum Gasteiger partial charge on any atom is -0.481 e. The van der Waals surface area contributed by atoms with Gasteiger partial charge in [0.15, 0.2) is 0 Å². The lowest BCUT2D eigenvalue weighted by Crippen LogP contribution is -2.56. The number of carbonyl (C=O) groups excluding carboxylic acids is 2. The molecule has 1 unspecified atom stereocenters. The molecule has 1 aliphatic heterocycles. The number of carboxylic acid groups (broad SMARTS) is 1. The monoisotopic (exact) mass is 624 g/mol. The first-order valence-electron chi connectivity index (χ1n) is 15.5. The highest BCUT2D eigenvalue weighted by Crippen LogP contribution is 2.31. The standard InChI is InChI=1S/C34H48N4O5S/c1-22(27(35)18-24-14-16-25(17-15-24)31-23(2)36-21-44-31)28-19-26(39)20-38(28)33(43)32(34(3,4)5)37-29(40)12-10-8-6-7-9-11-13-30(41)42/h14-17,21,26,28,32,35,39H,1,6-13,18-20H2,2-5H3,(H,37,40)(H,41,42)/t26?,28-,32+/m0/s1. The Kier molecular flexibility index (Phi) is 12.8. The van der Waals surface area contributed by atoms with Crippen molar-refractivity contribution in [2.24, 2.45) is 5.41 Å². The molecule has 240 valence electrons. The summed E-state index contributed by atoms with van der Waals surface area (Å²) < 4.78 is 0. The van der Waals surface area contributed by atoms with Crippen LogP contribution in [-0.2, 0) is 20.8 Å². The van der Waals surface area contributed by atoms with Crippen molar-refractivity contribution in [3.63, 3.8) is 0 Å². The predicted octanol–water partition coefficient (Wildman–Crippen LogP) is 5.94. The lowest BCUT2D eigenvalue weighted by Gasteiger charge is -2.36. The van der Waals surface area contributed by atoms with Crippen molar-refractivity contribution >= 4 is 34.8 Å². The Bertz CT molecular complexity index is 1310. The smallest absolute Gasteiger partial charge is 0.303 e. The van der Waals surface area contributed by atoms with E-state index in [0.717, 1.165) is 47.4 Å². The normalized spacial score (nSPS) is 17.3. The first kappa shape index (κ1) is 35.1.